The molecule has 0 saturated heterocycles. The lowest BCUT2D eigenvalue weighted by Gasteiger charge is -2.10. The lowest BCUT2D eigenvalue weighted by molar-refractivity contribution is 0.673. The Morgan fingerprint density at radius 2 is 2.07 bits per heavy atom. The summed E-state index contributed by atoms with van der Waals surface area (Å²) in [4.78, 5) is 37.3. The van der Waals surface area contributed by atoms with Crippen LogP contribution in [0.2, 0.25) is 0 Å². The summed E-state index contributed by atoms with van der Waals surface area (Å²) >= 11 is 5.89. The van der Waals surface area contributed by atoms with Crippen molar-refractivity contribution >= 4 is 60.9 Å². The number of thiophene rings is 2. The van der Waals surface area contributed by atoms with Gasteiger partial charge in [0.25, 0.3) is 11.1 Å². The first kappa shape index (κ1) is 19.4. The van der Waals surface area contributed by atoms with Gasteiger partial charge in [0.05, 0.1) is 11.1 Å². The molecule has 0 radical (unpaired) electrons. The van der Waals surface area contributed by atoms with Crippen LogP contribution < -0.4 is 11.1 Å². The molecule has 30 heavy (non-hydrogen) atoms. The second-order valence-electron chi connectivity index (χ2n) is 6.34. The molecule has 10 heteroatoms. The zero-order valence-electron chi connectivity index (χ0n) is 15.5. The summed E-state index contributed by atoms with van der Waals surface area (Å²) in [7, 11) is 0. The Kier molecular flexibility index (Phi) is 5.15. The molecule has 0 spiro atoms. The van der Waals surface area contributed by atoms with E-state index < -0.39 is 0 Å². The average Bonchev–Trinajstić information content (AvgIpc) is 3.48. The molecular formula is C20H14N4O2S4. The number of thiazole rings is 1. The Morgan fingerprint density at radius 3 is 2.87 bits per heavy atom. The second-order valence-corrected chi connectivity index (χ2v) is 9.96. The van der Waals surface area contributed by atoms with Crippen molar-refractivity contribution in [2.75, 3.05) is 0 Å². The summed E-state index contributed by atoms with van der Waals surface area (Å²) in [5.41, 5.74) is 1.41. The lowest BCUT2D eigenvalue weighted by atomic mass is 10.2. The van der Waals surface area contributed by atoms with E-state index in [1.807, 2.05) is 28.3 Å². The molecule has 0 amide bonds. The smallest absolute Gasteiger partial charge is 0.263 e. The van der Waals surface area contributed by atoms with Gasteiger partial charge in [-0.25, -0.2) is 9.97 Å². The number of nitrogens with zero attached hydrogens (tertiary/aromatic N) is 4. The van der Waals surface area contributed by atoms with Crippen molar-refractivity contribution in [1.29, 1.82) is 0 Å². The maximum atomic E-state index is 13.3. The fraction of sp³-hybridized carbons (Fsp3) is 0.100. The molecule has 0 aromatic carbocycles. The highest BCUT2D eigenvalue weighted by Gasteiger charge is 2.18. The highest BCUT2D eigenvalue weighted by Crippen LogP contribution is 2.34. The summed E-state index contributed by atoms with van der Waals surface area (Å²) < 4.78 is 3.16. The van der Waals surface area contributed by atoms with Crippen LogP contribution >= 0.6 is 45.8 Å². The number of allylic oxidation sites excluding steroid dienone is 1. The predicted molar refractivity (Wildman–Crippen MR) is 126 cm³/mol. The fourth-order valence-corrected chi connectivity index (χ4v) is 6.56. The van der Waals surface area contributed by atoms with E-state index in [9.17, 15) is 9.59 Å². The van der Waals surface area contributed by atoms with Crippen molar-refractivity contribution in [3.8, 4) is 10.4 Å². The van der Waals surface area contributed by atoms with Crippen LogP contribution in [-0.4, -0.2) is 18.9 Å². The van der Waals surface area contributed by atoms with E-state index in [0.29, 0.717) is 38.3 Å². The van der Waals surface area contributed by atoms with Gasteiger partial charge in [-0.2, -0.15) is 0 Å². The molecule has 0 unspecified atom stereocenters. The molecular weight excluding hydrogens is 457 g/mol. The third-order valence-electron chi connectivity index (χ3n) is 4.46. The first-order valence-corrected chi connectivity index (χ1v) is 12.5. The minimum atomic E-state index is -0.109. The van der Waals surface area contributed by atoms with Crippen LogP contribution in [-0.2, 0) is 12.3 Å². The molecule has 150 valence electrons. The van der Waals surface area contributed by atoms with Gasteiger partial charge in [-0.3, -0.25) is 18.6 Å². The number of rotatable bonds is 6. The van der Waals surface area contributed by atoms with Gasteiger partial charge in [-0.05, 0) is 11.4 Å². The van der Waals surface area contributed by atoms with Crippen LogP contribution in [0.3, 0.4) is 0 Å². The van der Waals surface area contributed by atoms with E-state index in [2.05, 4.69) is 11.6 Å². The van der Waals surface area contributed by atoms with E-state index in [1.165, 1.54) is 44.9 Å². The molecule has 5 aromatic heterocycles. The average molecular weight is 471 g/mol. The topological polar surface area (TPSA) is 69.3 Å². The summed E-state index contributed by atoms with van der Waals surface area (Å²) in [5.74, 6) is 0.446. The van der Waals surface area contributed by atoms with Crippen LogP contribution in [0.15, 0.2) is 67.9 Å². The van der Waals surface area contributed by atoms with Gasteiger partial charge in [-0.15, -0.1) is 40.6 Å². The number of fused-ring (bicyclic) bond motifs is 2. The third kappa shape index (κ3) is 3.35. The molecule has 5 heterocycles. The minimum absolute atomic E-state index is 0.0752. The highest BCUT2D eigenvalue weighted by atomic mass is 32.2. The quantitative estimate of drug-likeness (QED) is 0.204. The van der Waals surface area contributed by atoms with E-state index >= 15 is 0 Å². The van der Waals surface area contributed by atoms with Gasteiger partial charge in [0.15, 0.2) is 10.1 Å². The molecule has 0 aliphatic heterocycles. The molecule has 0 atom stereocenters. The zero-order valence-corrected chi connectivity index (χ0v) is 18.7. The SMILES string of the molecule is C=CCn1c(SCc2cc(=O)n3ccsc3n2)nc2scc(-c3cccs3)c2c1=O. The van der Waals surface area contributed by atoms with Gasteiger partial charge >= 0.3 is 0 Å². The van der Waals surface area contributed by atoms with Crippen LogP contribution in [0.1, 0.15) is 5.69 Å². The molecule has 0 saturated carbocycles. The summed E-state index contributed by atoms with van der Waals surface area (Å²) in [5, 5.41) is 7.06. The predicted octanol–water partition coefficient (Wildman–Crippen LogP) is 4.73. The number of hydrogen-bond donors (Lipinski definition) is 0. The first-order valence-electron chi connectivity index (χ1n) is 8.91. The van der Waals surface area contributed by atoms with E-state index in [1.54, 1.807) is 28.2 Å². The molecule has 0 bridgehead atoms. The maximum absolute atomic E-state index is 13.3. The summed E-state index contributed by atoms with van der Waals surface area (Å²) in [6.07, 6.45) is 3.41. The molecule has 5 aromatic rings. The Bertz CT molecular complexity index is 1490. The van der Waals surface area contributed by atoms with Crippen LogP contribution in [0, 0.1) is 0 Å². The molecule has 0 fully saturated rings. The van der Waals surface area contributed by atoms with E-state index in [4.69, 9.17) is 4.98 Å². The summed E-state index contributed by atoms with van der Waals surface area (Å²) in [6.45, 7) is 4.15. The number of hydrogen-bond acceptors (Lipinski definition) is 8. The van der Waals surface area contributed by atoms with Gasteiger partial charge in [-0.1, -0.05) is 23.9 Å². The summed E-state index contributed by atoms with van der Waals surface area (Å²) in [6, 6.07) is 5.52. The normalized spacial score (nSPS) is 11.5. The van der Waals surface area contributed by atoms with E-state index in [0.717, 1.165) is 10.4 Å². The molecule has 6 nitrogen and oxygen atoms in total. The van der Waals surface area contributed by atoms with Gasteiger partial charge in [0.2, 0.25) is 0 Å². The third-order valence-corrected chi connectivity index (χ3v) is 8.00. The molecule has 0 N–H and O–H groups in total. The Morgan fingerprint density at radius 1 is 1.17 bits per heavy atom. The van der Waals surface area contributed by atoms with Crippen LogP contribution in [0.4, 0.5) is 0 Å². The van der Waals surface area contributed by atoms with E-state index in [-0.39, 0.29) is 11.1 Å². The Labute approximate surface area is 186 Å². The van der Waals surface area contributed by atoms with Crippen molar-refractivity contribution in [3.05, 3.63) is 79.6 Å². The van der Waals surface area contributed by atoms with Crippen molar-refractivity contribution in [2.24, 2.45) is 0 Å². The first-order chi connectivity index (χ1) is 14.7. The zero-order chi connectivity index (χ0) is 20.7. The Balaban J connectivity index is 1.56. The lowest BCUT2D eigenvalue weighted by Crippen LogP contribution is -2.22. The van der Waals surface area contributed by atoms with Crippen molar-refractivity contribution < 1.29 is 0 Å². The largest absolute Gasteiger partial charge is 0.283 e. The van der Waals surface area contributed by atoms with Crippen molar-refractivity contribution in [2.45, 2.75) is 17.5 Å². The molecule has 5 rings (SSSR count). The van der Waals surface area contributed by atoms with Gasteiger partial charge in [0, 0.05) is 45.8 Å². The maximum Gasteiger partial charge on any atom is 0.263 e. The monoisotopic (exact) mass is 470 g/mol. The molecule has 0 aliphatic rings. The minimum Gasteiger partial charge on any atom is -0.283 e. The standard InChI is InChI=1S/C20H14N4O2S4/c1-2-5-24-18(26)16-13(14-4-3-7-27-14)11-29-17(16)22-20(24)30-10-12-9-15(25)23-6-8-28-19(23)21-12/h2-4,6-9,11H,1,5,10H2. The number of thioether (sulfide) groups is 1. The van der Waals surface area contributed by atoms with Crippen LogP contribution in [0.5, 0.6) is 0 Å². The van der Waals surface area contributed by atoms with Crippen molar-refractivity contribution in [1.82, 2.24) is 18.9 Å². The molecule has 0 aliphatic carbocycles. The van der Waals surface area contributed by atoms with Crippen molar-refractivity contribution in [3.63, 3.8) is 0 Å². The fourth-order valence-electron chi connectivity index (χ4n) is 3.12. The highest BCUT2D eigenvalue weighted by molar-refractivity contribution is 7.98. The Hall–Kier alpha value is -2.53. The van der Waals surface area contributed by atoms with Crippen LogP contribution in [0.25, 0.3) is 25.6 Å². The second kappa shape index (κ2) is 7.95. The van der Waals surface area contributed by atoms with Gasteiger partial charge in [0.1, 0.15) is 4.83 Å². The van der Waals surface area contributed by atoms with Gasteiger partial charge < -0.3 is 0 Å². The number of aromatic nitrogens is 4.